The monoisotopic (exact) mass is 415 g/mol. The van der Waals surface area contributed by atoms with Gasteiger partial charge in [-0.05, 0) is 60.6 Å². The number of hydrogen-bond acceptors (Lipinski definition) is 3. The number of aromatic carboxylic acids is 1. The van der Waals surface area contributed by atoms with Gasteiger partial charge in [0.05, 0.1) is 23.4 Å². The van der Waals surface area contributed by atoms with E-state index >= 15 is 0 Å². The first-order valence-electron chi connectivity index (χ1n) is 9.74. The molecule has 30 heavy (non-hydrogen) atoms. The minimum absolute atomic E-state index is 0.265. The molecule has 0 bridgehead atoms. The fourth-order valence-corrected chi connectivity index (χ4v) is 3.97. The molecule has 0 fully saturated rings. The van der Waals surface area contributed by atoms with E-state index in [0.717, 1.165) is 33.3 Å². The maximum Gasteiger partial charge on any atom is 0.336 e. The number of fused-ring (bicyclic) bond motifs is 1. The zero-order valence-corrected chi connectivity index (χ0v) is 18.0. The fourth-order valence-electron chi connectivity index (χ4n) is 3.55. The summed E-state index contributed by atoms with van der Waals surface area (Å²) in [6.45, 7) is 4.54. The first-order chi connectivity index (χ1) is 14.5. The van der Waals surface area contributed by atoms with Gasteiger partial charge in [-0.25, -0.2) is 9.78 Å². The summed E-state index contributed by atoms with van der Waals surface area (Å²) in [5, 5.41) is 11.4. The number of rotatable bonds is 5. The van der Waals surface area contributed by atoms with Gasteiger partial charge >= 0.3 is 5.97 Å². The molecule has 0 aliphatic rings. The van der Waals surface area contributed by atoms with Crippen LogP contribution in [0.4, 0.5) is 0 Å². The predicted molar refractivity (Wildman–Crippen MR) is 125 cm³/mol. The van der Waals surface area contributed by atoms with E-state index in [9.17, 15) is 9.90 Å². The summed E-state index contributed by atoms with van der Waals surface area (Å²) in [6, 6.07) is 21.4. The molecule has 4 nitrogen and oxygen atoms in total. The standard InChI is InChI=1S/C25H22NO3P/c1-3-29-18-9-10-19(24(30)13-18)16-5-7-17(8-6-16)23-14-21(25(27)28)20-12-15(2)4-11-22(20)26-23/h4-14H,3,30H2,1-2H3,(H,27,28). The van der Waals surface area contributed by atoms with Gasteiger partial charge in [-0.3, -0.25) is 0 Å². The highest BCUT2D eigenvalue weighted by Gasteiger charge is 2.13. The molecule has 0 amide bonds. The van der Waals surface area contributed by atoms with Crippen LogP contribution in [-0.2, 0) is 0 Å². The van der Waals surface area contributed by atoms with Gasteiger partial charge in [0.1, 0.15) is 5.75 Å². The Morgan fingerprint density at radius 2 is 1.73 bits per heavy atom. The van der Waals surface area contributed by atoms with Crippen molar-refractivity contribution in [1.29, 1.82) is 0 Å². The Labute approximate surface area is 177 Å². The van der Waals surface area contributed by atoms with E-state index in [4.69, 9.17) is 9.72 Å². The topological polar surface area (TPSA) is 59.4 Å². The van der Waals surface area contributed by atoms with Crippen LogP contribution in [0.3, 0.4) is 0 Å². The number of ether oxygens (including phenoxy) is 1. The Hall–Kier alpha value is -3.23. The molecule has 0 saturated carbocycles. The van der Waals surface area contributed by atoms with Gasteiger partial charge in [0.2, 0.25) is 0 Å². The normalized spacial score (nSPS) is 10.9. The van der Waals surface area contributed by atoms with Crippen LogP contribution >= 0.6 is 9.24 Å². The summed E-state index contributed by atoms with van der Waals surface area (Å²) in [6.07, 6.45) is 0. The smallest absolute Gasteiger partial charge is 0.336 e. The molecular weight excluding hydrogens is 393 g/mol. The summed E-state index contributed by atoms with van der Waals surface area (Å²) >= 11 is 0. The van der Waals surface area contributed by atoms with Crippen molar-refractivity contribution in [1.82, 2.24) is 4.98 Å². The van der Waals surface area contributed by atoms with Crippen LogP contribution in [0.5, 0.6) is 5.75 Å². The summed E-state index contributed by atoms with van der Waals surface area (Å²) in [7, 11) is 2.76. The molecule has 1 aromatic heterocycles. The Morgan fingerprint density at radius 1 is 1.00 bits per heavy atom. The van der Waals surface area contributed by atoms with Crippen LogP contribution in [0, 0.1) is 6.92 Å². The number of benzene rings is 3. The molecule has 0 radical (unpaired) electrons. The summed E-state index contributed by atoms with van der Waals surface area (Å²) in [5.74, 6) is -0.104. The van der Waals surface area contributed by atoms with Crippen molar-refractivity contribution in [2.45, 2.75) is 13.8 Å². The zero-order chi connectivity index (χ0) is 21.3. The summed E-state index contributed by atoms with van der Waals surface area (Å²) in [5.41, 5.74) is 5.64. The number of pyridine rings is 1. The molecule has 1 atom stereocenters. The van der Waals surface area contributed by atoms with E-state index in [1.807, 2.05) is 74.5 Å². The van der Waals surface area contributed by atoms with Crippen LogP contribution in [0.25, 0.3) is 33.3 Å². The number of carboxylic acid groups (broad SMARTS) is 1. The van der Waals surface area contributed by atoms with Gasteiger partial charge in [-0.1, -0.05) is 42.0 Å². The molecule has 1 N–H and O–H groups in total. The third-order valence-electron chi connectivity index (χ3n) is 5.02. The Morgan fingerprint density at radius 3 is 2.40 bits per heavy atom. The lowest BCUT2D eigenvalue weighted by Crippen LogP contribution is -2.01. The van der Waals surface area contributed by atoms with Gasteiger partial charge in [0.15, 0.2) is 0 Å². The van der Waals surface area contributed by atoms with Gasteiger partial charge in [0.25, 0.3) is 0 Å². The lowest BCUT2D eigenvalue weighted by Gasteiger charge is -2.11. The maximum atomic E-state index is 11.8. The molecule has 3 aromatic carbocycles. The second-order valence-electron chi connectivity index (χ2n) is 7.14. The number of hydrogen-bond donors (Lipinski definition) is 1. The number of carbonyl (C=O) groups is 1. The van der Waals surface area contributed by atoms with Crippen LogP contribution in [0.2, 0.25) is 0 Å². The summed E-state index contributed by atoms with van der Waals surface area (Å²) in [4.78, 5) is 16.5. The first-order valence-corrected chi connectivity index (χ1v) is 10.3. The second-order valence-corrected chi connectivity index (χ2v) is 7.76. The highest BCUT2D eigenvalue weighted by Crippen LogP contribution is 2.29. The number of nitrogens with zero attached hydrogens (tertiary/aromatic N) is 1. The maximum absolute atomic E-state index is 11.8. The average Bonchev–Trinajstić information content (AvgIpc) is 2.73. The first kappa shape index (κ1) is 20.1. The Bertz CT molecular complexity index is 1250. The van der Waals surface area contributed by atoms with Crippen LogP contribution in [0.1, 0.15) is 22.8 Å². The lowest BCUT2D eigenvalue weighted by atomic mass is 10.00. The molecule has 0 aliphatic carbocycles. The van der Waals surface area contributed by atoms with Gasteiger partial charge < -0.3 is 9.84 Å². The number of carboxylic acids is 1. The quantitative estimate of drug-likeness (QED) is 0.439. The zero-order valence-electron chi connectivity index (χ0n) is 16.8. The minimum Gasteiger partial charge on any atom is -0.494 e. The van der Waals surface area contributed by atoms with Crippen molar-refractivity contribution < 1.29 is 14.6 Å². The van der Waals surface area contributed by atoms with E-state index in [1.54, 1.807) is 6.07 Å². The SMILES string of the molecule is CCOc1ccc(-c2ccc(-c3cc(C(=O)O)c4cc(C)ccc4n3)cc2)c(P)c1. The largest absolute Gasteiger partial charge is 0.494 e. The second kappa shape index (κ2) is 8.25. The third kappa shape index (κ3) is 3.92. The molecule has 0 spiro atoms. The van der Waals surface area contributed by atoms with Crippen molar-refractivity contribution in [2.24, 2.45) is 0 Å². The van der Waals surface area contributed by atoms with Crippen molar-refractivity contribution >= 4 is 31.4 Å². The van der Waals surface area contributed by atoms with Crippen molar-refractivity contribution in [3.63, 3.8) is 0 Å². The number of aryl methyl sites for hydroxylation is 1. The van der Waals surface area contributed by atoms with Crippen LogP contribution in [-0.4, -0.2) is 22.7 Å². The highest BCUT2D eigenvalue weighted by atomic mass is 31.0. The lowest BCUT2D eigenvalue weighted by molar-refractivity contribution is 0.0699. The van der Waals surface area contributed by atoms with E-state index in [-0.39, 0.29) is 5.56 Å². The molecule has 1 heterocycles. The van der Waals surface area contributed by atoms with E-state index in [0.29, 0.717) is 23.2 Å². The average molecular weight is 415 g/mol. The third-order valence-corrected chi connectivity index (χ3v) is 5.50. The van der Waals surface area contributed by atoms with E-state index in [1.165, 1.54) is 0 Å². The van der Waals surface area contributed by atoms with Crippen LogP contribution in [0.15, 0.2) is 66.7 Å². The fraction of sp³-hybridized carbons (Fsp3) is 0.120. The minimum atomic E-state index is -0.951. The van der Waals surface area contributed by atoms with E-state index < -0.39 is 5.97 Å². The molecular formula is C25H22NO3P. The van der Waals surface area contributed by atoms with Gasteiger partial charge in [-0.15, -0.1) is 9.24 Å². The highest BCUT2D eigenvalue weighted by molar-refractivity contribution is 7.28. The summed E-state index contributed by atoms with van der Waals surface area (Å²) < 4.78 is 5.56. The Balaban J connectivity index is 1.73. The van der Waals surface area contributed by atoms with Gasteiger partial charge in [0, 0.05) is 10.9 Å². The molecule has 150 valence electrons. The molecule has 1 unspecified atom stereocenters. The predicted octanol–water partition coefficient (Wildman–Crippen LogP) is 5.47. The molecule has 0 saturated heterocycles. The molecule has 0 aliphatic heterocycles. The number of aromatic nitrogens is 1. The van der Waals surface area contributed by atoms with Gasteiger partial charge in [-0.2, -0.15) is 0 Å². The van der Waals surface area contributed by atoms with Crippen molar-refractivity contribution in [3.05, 3.63) is 77.9 Å². The van der Waals surface area contributed by atoms with Crippen molar-refractivity contribution in [3.8, 4) is 28.1 Å². The Kier molecular flexibility index (Phi) is 5.52. The molecule has 4 rings (SSSR count). The van der Waals surface area contributed by atoms with Crippen LogP contribution < -0.4 is 10.0 Å². The molecule has 5 heteroatoms. The van der Waals surface area contributed by atoms with Crippen molar-refractivity contribution in [2.75, 3.05) is 6.61 Å². The molecule has 4 aromatic rings. The van der Waals surface area contributed by atoms with E-state index in [2.05, 4.69) is 9.24 Å².